The van der Waals surface area contributed by atoms with E-state index in [4.69, 9.17) is 4.74 Å². The molecule has 2 aromatic rings. The van der Waals surface area contributed by atoms with E-state index in [0.29, 0.717) is 30.1 Å². The van der Waals surface area contributed by atoms with Crippen LogP contribution in [0.3, 0.4) is 0 Å². The van der Waals surface area contributed by atoms with Crippen molar-refractivity contribution < 1.29 is 14.3 Å². The van der Waals surface area contributed by atoms with Crippen molar-refractivity contribution in [2.24, 2.45) is 0 Å². The lowest BCUT2D eigenvalue weighted by Crippen LogP contribution is -2.47. The number of nitrogens with one attached hydrogen (secondary N) is 1. The average molecular weight is 399 g/mol. The molecule has 0 radical (unpaired) electrons. The van der Waals surface area contributed by atoms with Crippen LogP contribution in [0.15, 0.2) is 24.4 Å². The molecule has 29 heavy (non-hydrogen) atoms. The minimum Gasteiger partial charge on any atom is -0.444 e. The zero-order valence-electron chi connectivity index (χ0n) is 17.7. The number of anilines is 1. The van der Waals surface area contributed by atoms with Crippen LogP contribution < -0.4 is 5.32 Å². The second kappa shape index (κ2) is 8.23. The number of nitrogens with zero attached hydrogens (tertiary/aromatic N) is 4. The Hall–Kier alpha value is -2.90. The fraction of sp³-hybridized carbons (Fsp3) is 0.524. The third-order valence-electron chi connectivity index (χ3n) is 4.64. The standard InChI is InChI=1S/C21H29N5O3/c1-21(2,3)29-20(28)26-10-6-7-16(13-26)23-19-22-12-15-9-8-14(11-17(15)24-19)18(27)25(4)5/h8-9,11-12,16H,6-7,10,13H2,1-5H3,(H,22,23,24). The van der Waals surface area contributed by atoms with Gasteiger partial charge in [0.1, 0.15) is 5.60 Å². The van der Waals surface area contributed by atoms with E-state index >= 15 is 0 Å². The van der Waals surface area contributed by atoms with E-state index in [0.717, 1.165) is 18.2 Å². The number of hydrogen-bond donors (Lipinski definition) is 1. The first kappa shape index (κ1) is 20.8. The SMILES string of the molecule is CN(C)C(=O)c1ccc2cnc(NC3CCCN(C(=O)OC(C)(C)C)C3)nc2c1. The molecule has 0 bridgehead atoms. The van der Waals surface area contributed by atoms with Gasteiger partial charge in [0.2, 0.25) is 5.95 Å². The fourth-order valence-electron chi connectivity index (χ4n) is 3.25. The molecule has 1 aliphatic heterocycles. The number of fused-ring (bicyclic) bond motifs is 1. The molecule has 3 rings (SSSR count). The van der Waals surface area contributed by atoms with Crippen molar-refractivity contribution in [3.8, 4) is 0 Å². The second-order valence-corrected chi connectivity index (χ2v) is 8.58. The Balaban J connectivity index is 1.72. The van der Waals surface area contributed by atoms with E-state index in [9.17, 15) is 9.59 Å². The highest BCUT2D eigenvalue weighted by Crippen LogP contribution is 2.20. The molecular formula is C21H29N5O3. The van der Waals surface area contributed by atoms with Crippen LogP contribution in [0.1, 0.15) is 44.0 Å². The van der Waals surface area contributed by atoms with Crippen molar-refractivity contribution >= 4 is 28.9 Å². The number of benzene rings is 1. The highest BCUT2D eigenvalue weighted by molar-refractivity contribution is 5.97. The first-order valence-electron chi connectivity index (χ1n) is 9.85. The van der Waals surface area contributed by atoms with Crippen LogP contribution in [0.2, 0.25) is 0 Å². The second-order valence-electron chi connectivity index (χ2n) is 8.58. The van der Waals surface area contributed by atoms with Crippen molar-refractivity contribution in [1.82, 2.24) is 19.8 Å². The van der Waals surface area contributed by atoms with Crippen molar-refractivity contribution in [2.45, 2.75) is 45.3 Å². The van der Waals surface area contributed by atoms with Crippen LogP contribution >= 0.6 is 0 Å². The first-order valence-corrected chi connectivity index (χ1v) is 9.85. The predicted octanol–water partition coefficient (Wildman–Crippen LogP) is 3.14. The van der Waals surface area contributed by atoms with Crippen molar-refractivity contribution in [3.63, 3.8) is 0 Å². The molecule has 1 N–H and O–H groups in total. The molecule has 1 aromatic heterocycles. The third kappa shape index (κ3) is 5.34. The van der Waals surface area contributed by atoms with Crippen LogP contribution in [0.25, 0.3) is 10.9 Å². The Morgan fingerprint density at radius 2 is 2.03 bits per heavy atom. The number of carbonyl (C=O) groups excluding carboxylic acids is 2. The summed E-state index contributed by atoms with van der Waals surface area (Å²) in [6, 6.07) is 5.44. The van der Waals surface area contributed by atoms with E-state index in [1.165, 1.54) is 4.90 Å². The van der Waals surface area contributed by atoms with Gasteiger partial charge in [-0.3, -0.25) is 4.79 Å². The van der Waals surface area contributed by atoms with Gasteiger partial charge in [-0.1, -0.05) is 6.07 Å². The lowest BCUT2D eigenvalue weighted by Gasteiger charge is -2.34. The Bertz CT molecular complexity index is 907. The summed E-state index contributed by atoms with van der Waals surface area (Å²) < 4.78 is 5.48. The molecule has 0 aliphatic carbocycles. The number of rotatable bonds is 3. The van der Waals surface area contributed by atoms with Gasteiger partial charge in [-0.2, -0.15) is 0 Å². The van der Waals surface area contributed by atoms with Gasteiger partial charge in [0.15, 0.2) is 0 Å². The summed E-state index contributed by atoms with van der Waals surface area (Å²) in [5.74, 6) is 0.420. The molecular weight excluding hydrogens is 370 g/mol. The lowest BCUT2D eigenvalue weighted by molar-refractivity contribution is 0.0206. The maximum atomic E-state index is 12.4. The van der Waals surface area contributed by atoms with Gasteiger partial charge in [-0.05, 0) is 45.7 Å². The number of ether oxygens (including phenoxy) is 1. The number of piperidine rings is 1. The summed E-state index contributed by atoms with van der Waals surface area (Å²) in [7, 11) is 3.44. The quantitative estimate of drug-likeness (QED) is 0.853. The molecule has 8 nitrogen and oxygen atoms in total. The van der Waals surface area contributed by atoms with Gasteiger partial charge >= 0.3 is 6.09 Å². The maximum Gasteiger partial charge on any atom is 0.410 e. The molecule has 1 aliphatic rings. The van der Waals surface area contributed by atoms with Gasteiger partial charge in [0.25, 0.3) is 5.91 Å². The Morgan fingerprint density at radius 1 is 1.28 bits per heavy atom. The van der Waals surface area contributed by atoms with Crippen LogP contribution in [0.4, 0.5) is 10.7 Å². The van der Waals surface area contributed by atoms with Crippen LogP contribution in [-0.4, -0.2) is 70.6 Å². The molecule has 1 aromatic carbocycles. The topological polar surface area (TPSA) is 87.7 Å². The summed E-state index contributed by atoms with van der Waals surface area (Å²) >= 11 is 0. The van der Waals surface area contributed by atoms with Gasteiger partial charge in [0, 0.05) is 50.4 Å². The van der Waals surface area contributed by atoms with Crippen molar-refractivity contribution in [3.05, 3.63) is 30.0 Å². The Morgan fingerprint density at radius 3 is 2.72 bits per heavy atom. The van der Waals surface area contributed by atoms with Gasteiger partial charge in [0.05, 0.1) is 5.52 Å². The molecule has 1 atom stereocenters. The first-order chi connectivity index (χ1) is 13.6. The van der Waals surface area contributed by atoms with Crippen LogP contribution in [0, 0.1) is 0 Å². The van der Waals surface area contributed by atoms with Gasteiger partial charge in [-0.15, -0.1) is 0 Å². The summed E-state index contributed by atoms with van der Waals surface area (Å²) in [5.41, 5.74) is 0.775. The molecule has 1 fully saturated rings. The smallest absolute Gasteiger partial charge is 0.410 e. The maximum absolute atomic E-state index is 12.4. The summed E-state index contributed by atoms with van der Waals surface area (Å²) in [6.45, 7) is 6.81. The zero-order chi connectivity index (χ0) is 21.2. The monoisotopic (exact) mass is 399 g/mol. The molecule has 156 valence electrons. The molecule has 0 spiro atoms. The number of likely N-dealkylation sites (tertiary alicyclic amines) is 1. The molecule has 2 amide bonds. The number of carbonyl (C=O) groups is 2. The van der Waals surface area contributed by atoms with Crippen LogP contribution in [0.5, 0.6) is 0 Å². The van der Waals surface area contributed by atoms with Crippen LogP contribution in [-0.2, 0) is 4.74 Å². The van der Waals surface area contributed by atoms with E-state index in [1.807, 2.05) is 26.8 Å². The third-order valence-corrected chi connectivity index (χ3v) is 4.64. The highest BCUT2D eigenvalue weighted by atomic mass is 16.6. The molecule has 1 saturated heterocycles. The molecule has 2 heterocycles. The fourth-order valence-corrected chi connectivity index (χ4v) is 3.25. The number of aromatic nitrogens is 2. The zero-order valence-corrected chi connectivity index (χ0v) is 17.7. The molecule has 0 saturated carbocycles. The van der Waals surface area contributed by atoms with E-state index < -0.39 is 5.60 Å². The predicted molar refractivity (Wildman–Crippen MR) is 112 cm³/mol. The molecule has 8 heteroatoms. The number of amides is 2. The van der Waals surface area contributed by atoms with E-state index in [-0.39, 0.29) is 18.0 Å². The van der Waals surface area contributed by atoms with Crippen molar-refractivity contribution in [1.29, 1.82) is 0 Å². The Labute approximate surface area is 171 Å². The molecule has 1 unspecified atom stereocenters. The van der Waals surface area contributed by atoms with Gasteiger partial charge < -0.3 is 19.9 Å². The number of hydrogen-bond acceptors (Lipinski definition) is 6. The Kier molecular flexibility index (Phi) is 5.91. The largest absolute Gasteiger partial charge is 0.444 e. The van der Waals surface area contributed by atoms with E-state index in [1.54, 1.807) is 37.3 Å². The highest BCUT2D eigenvalue weighted by Gasteiger charge is 2.28. The average Bonchev–Trinajstić information content (AvgIpc) is 2.65. The summed E-state index contributed by atoms with van der Waals surface area (Å²) in [4.78, 5) is 36.8. The van der Waals surface area contributed by atoms with Crippen molar-refractivity contribution in [2.75, 3.05) is 32.5 Å². The summed E-state index contributed by atoms with van der Waals surface area (Å²) in [5, 5.41) is 4.19. The van der Waals surface area contributed by atoms with E-state index in [2.05, 4.69) is 15.3 Å². The normalized spacial score (nSPS) is 17.1. The minimum atomic E-state index is -0.513. The summed E-state index contributed by atoms with van der Waals surface area (Å²) in [6.07, 6.45) is 3.24. The minimum absolute atomic E-state index is 0.0420. The van der Waals surface area contributed by atoms with Gasteiger partial charge in [-0.25, -0.2) is 14.8 Å². The lowest BCUT2D eigenvalue weighted by atomic mass is 10.1.